The summed E-state index contributed by atoms with van der Waals surface area (Å²) in [6.45, 7) is 4.28. The molecule has 0 spiro atoms. The molecule has 0 radical (unpaired) electrons. The molecule has 3 nitrogen and oxygen atoms in total. The van der Waals surface area contributed by atoms with Crippen LogP contribution >= 0.6 is 15.9 Å². The summed E-state index contributed by atoms with van der Waals surface area (Å²) in [5.74, 6) is 0. The van der Waals surface area contributed by atoms with Crippen molar-refractivity contribution in [1.82, 2.24) is 5.32 Å². The molecule has 1 aromatic rings. The van der Waals surface area contributed by atoms with Crippen LogP contribution in [0.5, 0.6) is 0 Å². The van der Waals surface area contributed by atoms with Crippen LogP contribution in [0, 0.1) is 0 Å². The second kappa shape index (κ2) is 6.73. The maximum absolute atomic E-state index is 5.49. The first-order valence-electron chi connectivity index (χ1n) is 6.90. The number of hydrogen-bond acceptors (Lipinski definition) is 3. The molecule has 1 heterocycles. The highest BCUT2D eigenvalue weighted by Gasteiger charge is 2.20. The van der Waals surface area contributed by atoms with Gasteiger partial charge in [0, 0.05) is 36.4 Å². The number of methoxy groups -OCH3 is 1. The maximum atomic E-state index is 5.49. The van der Waals surface area contributed by atoms with Crippen molar-refractivity contribution in [3.8, 4) is 0 Å². The van der Waals surface area contributed by atoms with Crippen LogP contribution in [0.25, 0.3) is 0 Å². The van der Waals surface area contributed by atoms with E-state index in [9.17, 15) is 0 Å². The van der Waals surface area contributed by atoms with Crippen molar-refractivity contribution >= 4 is 21.6 Å². The van der Waals surface area contributed by atoms with Gasteiger partial charge in [-0.25, -0.2) is 0 Å². The fourth-order valence-corrected chi connectivity index (χ4v) is 3.29. The minimum Gasteiger partial charge on any atom is -0.380 e. The molecule has 0 amide bonds. The van der Waals surface area contributed by atoms with Crippen molar-refractivity contribution in [2.24, 2.45) is 0 Å². The summed E-state index contributed by atoms with van der Waals surface area (Å²) in [5, 5.41) is 3.27. The van der Waals surface area contributed by atoms with Gasteiger partial charge in [0.15, 0.2) is 0 Å². The molecule has 2 unspecified atom stereocenters. The normalized spacial score (nSPS) is 21.5. The Morgan fingerprint density at radius 3 is 2.89 bits per heavy atom. The van der Waals surface area contributed by atoms with E-state index in [-0.39, 0.29) is 0 Å². The Kier molecular flexibility index (Phi) is 5.25. The number of rotatable bonds is 4. The Hall–Kier alpha value is -0.580. The van der Waals surface area contributed by atoms with Crippen LogP contribution < -0.4 is 10.2 Å². The molecular weight excluding hydrogens is 304 g/mol. The van der Waals surface area contributed by atoms with Gasteiger partial charge in [0.05, 0.1) is 6.10 Å². The number of piperidine rings is 1. The minimum absolute atomic E-state index is 0.358. The molecule has 1 aliphatic rings. The van der Waals surface area contributed by atoms with Gasteiger partial charge in [0.1, 0.15) is 0 Å². The van der Waals surface area contributed by atoms with Crippen LogP contribution in [-0.2, 0) is 4.74 Å². The summed E-state index contributed by atoms with van der Waals surface area (Å²) < 4.78 is 6.66. The van der Waals surface area contributed by atoms with Crippen LogP contribution in [0.2, 0.25) is 0 Å². The molecule has 2 atom stereocenters. The van der Waals surface area contributed by atoms with Crippen LogP contribution in [0.3, 0.4) is 0 Å². The van der Waals surface area contributed by atoms with Crippen molar-refractivity contribution < 1.29 is 4.74 Å². The minimum atomic E-state index is 0.358. The Labute approximate surface area is 124 Å². The fourth-order valence-electron chi connectivity index (χ4n) is 2.58. The zero-order valence-electron chi connectivity index (χ0n) is 11.9. The molecule has 0 aromatic heterocycles. The van der Waals surface area contributed by atoms with Gasteiger partial charge in [-0.2, -0.15) is 0 Å². The highest BCUT2D eigenvalue weighted by Crippen LogP contribution is 2.29. The monoisotopic (exact) mass is 326 g/mol. The van der Waals surface area contributed by atoms with Gasteiger partial charge in [0.2, 0.25) is 0 Å². The van der Waals surface area contributed by atoms with Gasteiger partial charge in [-0.1, -0.05) is 22.0 Å². The molecule has 106 valence electrons. The number of anilines is 1. The van der Waals surface area contributed by atoms with Crippen molar-refractivity contribution in [2.45, 2.75) is 31.9 Å². The number of nitrogens with zero attached hydrogens (tertiary/aromatic N) is 1. The maximum Gasteiger partial charge on any atom is 0.0746 e. The van der Waals surface area contributed by atoms with E-state index in [2.05, 4.69) is 51.3 Å². The first kappa shape index (κ1) is 14.8. The molecular formula is C15H23BrN2O. The number of benzene rings is 1. The van der Waals surface area contributed by atoms with Crippen molar-refractivity contribution in [2.75, 3.05) is 32.1 Å². The molecule has 0 saturated carbocycles. The summed E-state index contributed by atoms with van der Waals surface area (Å²) in [4.78, 5) is 2.41. The SMILES string of the molecule is CNC(C)c1ccc(N2CCCC(OC)C2)cc1Br. The molecule has 4 heteroatoms. The van der Waals surface area contributed by atoms with Gasteiger partial charge in [-0.15, -0.1) is 0 Å². The highest BCUT2D eigenvalue weighted by molar-refractivity contribution is 9.10. The molecule has 2 rings (SSSR count). The van der Waals surface area contributed by atoms with Crippen molar-refractivity contribution in [3.05, 3.63) is 28.2 Å². The van der Waals surface area contributed by atoms with E-state index in [1.165, 1.54) is 28.6 Å². The van der Waals surface area contributed by atoms with Crippen LogP contribution in [0.1, 0.15) is 31.4 Å². The smallest absolute Gasteiger partial charge is 0.0746 e. The van der Waals surface area contributed by atoms with E-state index < -0.39 is 0 Å². The molecule has 0 bridgehead atoms. The topological polar surface area (TPSA) is 24.5 Å². The van der Waals surface area contributed by atoms with Crippen LogP contribution in [-0.4, -0.2) is 33.4 Å². The molecule has 19 heavy (non-hydrogen) atoms. The van der Waals surface area contributed by atoms with Gasteiger partial charge >= 0.3 is 0 Å². The van der Waals surface area contributed by atoms with Crippen molar-refractivity contribution in [3.63, 3.8) is 0 Å². The predicted octanol–water partition coefficient (Wildman–Crippen LogP) is 3.34. The standard InChI is InChI=1S/C15H23BrN2O/c1-11(17-2)14-7-6-12(9-15(14)16)18-8-4-5-13(10-18)19-3/h6-7,9,11,13,17H,4-5,8,10H2,1-3H3. The second-order valence-electron chi connectivity index (χ2n) is 5.16. The third-order valence-corrected chi connectivity index (χ3v) is 4.65. The quantitative estimate of drug-likeness (QED) is 0.918. The first-order chi connectivity index (χ1) is 9.15. The lowest BCUT2D eigenvalue weighted by atomic mass is 10.0. The van der Waals surface area contributed by atoms with Crippen LogP contribution in [0.15, 0.2) is 22.7 Å². The van der Waals surface area contributed by atoms with E-state index in [0.29, 0.717) is 12.1 Å². The largest absolute Gasteiger partial charge is 0.380 e. The average Bonchev–Trinajstić information content (AvgIpc) is 2.46. The Balaban J connectivity index is 2.15. The summed E-state index contributed by atoms with van der Waals surface area (Å²) in [6.07, 6.45) is 2.73. The fraction of sp³-hybridized carbons (Fsp3) is 0.600. The third kappa shape index (κ3) is 3.50. The molecule has 1 N–H and O–H groups in total. The molecule has 1 fully saturated rings. The summed E-state index contributed by atoms with van der Waals surface area (Å²) >= 11 is 3.69. The zero-order valence-corrected chi connectivity index (χ0v) is 13.5. The molecule has 0 aliphatic carbocycles. The summed E-state index contributed by atoms with van der Waals surface area (Å²) in [6, 6.07) is 7.00. The first-order valence-corrected chi connectivity index (χ1v) is 7.69. The zero-order chi connectivity index (χ0) is 13.8. The lowest BCUT2D eigenvalue weighted by molar-refractivity contribution is 0.0893. The number of ether oxygens (including phenoxy) is 1. The lowest BCUT2D eigenvalue weighted by Crippen LogP contribution is -2.39. The van der Waals surface area contributed by atoms with E-state index in [1.54, 1.807) is 0 Å². The van der Waals surface area contributed by atoms with Gasteiger partial charge in [-0.3, -0.25) is 0 Å². The van der Waals surface area contributed by atoms with Crippen LogP contribution in [0.4, 0.5) is 5.69 Å². The van der Waals surface area contributed by atoms with Crippen molar-refractivity contribution in [1.29, 1.82) is 0 Å². The lowest BCUT2D eigenvalue weighted by Gasteiger charge is -2.34. The predicted molar refractivity (Wildman–Crippen MR) is 83.9 cm³/mol. The third-order valence-electron chi connectivity index (χ3n) is 3.96. The van der Waals surface area contributed by atoms with E-state index >= 15 is 0 Å². The second-order valence-corrected chi connectivity index (χ2v) is 6.02. The van der Waals surface area contributed by atoms with E-state index in [4.69, 9.17) is 4.74 Å². The number of hydrogen-bond donors (Lipinski definition) is 1. The molecule has 1 saturated heterocycles. The molecule has 1 aromatic carbocycles. The van der Waals surface area contributed by atoms with Gasteiger partial charge in [0.25, 0.3) is 0 Å². The van der Waals surface area contributed by atoms with Gasteiger partial charge < -0.3 is 15.0 Å². The van der Waals surface area contributed by atoms with Gasteiger partial charge in [-0.05, 0) is 44.5 Å². The Morgan fingerprint density at radius 2 is 2.26 bits per heavy atom. The van der Waals surface area contributed by atoms with E-state index in [0.717, 1.165) is 13.1 Å². The Morgan fingerprint density at radius 1 is 1.47 bits per heavy atom. The summed E-state index contributed by atoms with van der Waals surface area (Å²) in [7, 11) is 3.79. The summed E-state index contributed by atoms with van der Waals surface area (Å²) in [5.41, 5.74) is 2.58. The number of nitrogens with one attached hydrogen (secondary N) is 1. The van der Waals surface area contributed by atoms with E-state index in [1.807, 2.05) is 14.2 Å². The molecule has 1 aliphatic heterocycles. The highest BCUT2D eigenvalue weighted by atomic mass is 79.9. The Bertz CT molecular complexity index is 425. The number of halogens is 1. The average molecular weight is 327 g/mol.